The number of carbonyl (C=O) groups is 1. The molecule has 0 unspecified atom stereocenters. The molecule has 150 valence electrons. The van der Waals surface area contributed by atoms with E-state index in [1.807, 2.05) is 50.2 Å². The molecule has 0 aliphatic carbocycles. The Morgan fingerprint density at radius 1 is 0.897 bits per heavy atom. The van der Waals surface area contributed by atoms with Gasteiger partial charge in [-0.2, -0.15) is 0 Å². The van der Waals surface area contributed by atoms with E-state index in [1.165, 1.54) is 16.4 Å². The molecule has 1 N–H and O–H groups in total. The number of anilines is 1. The van der Waals surface area contributed by atoms with Crippen molar-refractivity contribution in [2.75, 3.05) is 4.31 Å². The fraction of sp³-hybridized carbons (Fsp3) is 0.174. The maximum atomic E-state index is 13.5. The van der Waals surface area contributed by atoms with Gasteiger partial charge in [-0.05, 0) is 49.7 Å². The lowest BCUT2D eigenvalue weighted by Crippen LogP contribution is -2.32. The Kier molecular flexibility index (Phi) is 6.34. The van der Waals surface area contributed by atoms with Gasteiger partial charge in [0.05, 0.1) is 17.1 Å². The molecule has 0 aliphatic rings. The Labute approximate surface area is 172 Å². The Morgan fingerprint density at radius 3 is 2.14 bits per heavy atom. The molecule has 0 heterocycles. The van der Waals surface area contributed by atoms with Crippen molar-refractivity contribution in [3.8, 4) is 0 Å². The molecule has 0 fully saturated rings. The van der Waals surface area contributed by atoms with Crippen LogP contribution in [-0.2, 0) is 16.6 Å². The second kappa shape index (κ2) is 8.92. The Balaban J connectivity index is 2.02. The molecule has 0 saturated carbocycles. The van der Waals surface area contributed by atoms with Crippen LogP contribution in [0.4, 0.5) is 5.69 Å². The maximum Gasteiger partial charge on any atom is 0.264 e. The number of hydrogen-bond donors (Lipinski definition) is 1. The molecular weight excluding hydrogens is 384 g/mol. The van der Waals surface area contributed by atoms with Crippen molar-refractivity contribution in [1.82, 2.24) is 5.32 Å². The summed E-state index contributed by atoms with van der Waals surface area (Å²) >= 11 is 0. The largest absolute Gasteiger partial charge is 0.350 e. The number of sulfonamides is 1. The molecule has 3 aromatic rings. The van der Waals surface area contributed by atoms with E-state index in [2.05, 4.69) is 5.32 Å². The Morgan fingerprint density at radius 2 is 1.52 bits per heavy atom. The van der Waals surface area contributed by atoms with Crippen LogP contribution in [0.15, 0.2) is 89.8 Å². The first-order valence-electron chi connectivity index (χ1n) is 9.40. The zero-order chi connectivity index (χ0) is 20.9. The van der Waals surface area contributed by atoms with Gasteiger partial charge < -0.3 is 5.32 Å². The van der Waals surface area contributed by atoms with Crippen molar-refractivity contribution in [3.05, 3.63) is 96.1 Å². The number of amides is 1. The van der Waals surface area contributed by atoms with Gasteiger partial charge in [0, 0.05) is 11.6 Å². The summed E-state index contributed by atoms with van der Waals surface area (Å²) in [6.07, 6.45) is 0. The smallest absolute Gasteiger partial charge is 0.264 e. The fourth-order valence-electron chi connectivity index (χ4n) is 2.93. The van der Waals surface area contributed by atoms with Crippen molar-refractivity contribution in [2.45, 2.75) is 31.3 Å². The molecule has 3 aromatic carbocycles. The van der Waals surface area contributed by atoms with Crippen molar-refractivity contribution in [2.24, 2.45) is 0 Å². The van der Waals surface area contributed by atoms with Gasteiger partial charge >= 0.3 is 0 Å². The van der Waals surface area contributed by atoms with Crippen LogP contribution >= 0.6 is 0 Å². The number of para-hydroxylation sites is 1. The number of hydrogen-bond acceptors (Lipinski definition) is 3. The summed E-state index contributed by atoms with van der Waals surface area (Å²) in [6, 6.07) is 24.5. The average molecular weight is 409 g/mol. The van der Waals surface area contributed by atoms with E-state index < -0.39 is 10.0 Å². The minimum absolute atomic E-state index is 0.0401. The normalized spacial score (nSPS) is 11.3. The van der Waals surface area contributed by atoms with E-state index in [1.54, 1.807) is 36.4 Å². The van der Waals surface area contributed by atoms with E-state index in [0.29, 0.717) is 11.3 Å². The molecule has 29 heavy (non-hydrogen) atoms. The molecular formula is C23H24N2O3S. The van der Waals surface area contributed by atoms with Crippen LogP contribution in [0.1, 0.15) is 29.8 Å². The van der Waals surface area contributed by atoms with Gasteiger partial charge in [-0.1, -0.05) is 54.6 Å². The van der Waals surface area contributed by atoms with Crippen LogP contribution in [0, 0.1) is 0 Å². The zero-order valence-electron chi connectivity index (χ0n) is 16.4. The first kappa shape index (κ1) is 20.6. The summed E-state index contributed by atoms with van der Waals surface area (Å²) in [6.45, 7) is 3.90. The standard InChI is InChI=1S/C23H24N2O3S/c1-18(2)24-23(26)20-12-9-15-22(16-20)29(27,28)25(21-13-7-4-8-14-21)17-19-10-5-3-6-11-19/h3-16,18H,17H2,1-2H3,(H,24,26). The summed E-state index contributed by atoms with van der Waals surface area (Å²) in [5.41, 5.74) is 1.74. The molecule has 6 heteroatoms. The summed E-state index contributed by atoms with van der Waals surface area (Å²) in [5.74, 6) is -0.300. The third-order valence-corrected chi connectivity index (χ3v) is 6.09. The molecule has 0 atom stereocenters. The van der Waals surface area contributed by atoms with Crippen LogP contribution < -0.4 is 9.62 Å². The van der Waals surface area contributed by atoms with Crippen LogP contribution in [0.3, 0.4) is 0 Å². The van der Waals surface area contributed by atoms with Crippen LogP contribution in [0.25, 0.3) is 0 Å². The average Bonchev–Trinajstić information content (AvgIpc) is 2.73. The highest BCUT2D eigenvalue weighted by molar-refractivity contribution is 7.92. The predicted molar refractivity (Wildman–Crippen MR) is 115 cm³/mol. The molecule has 0 aliphatic heterocycles. The molecule has 0 saturated heterocycles. The summed E-state index contributed by atoms with van der Waals surface area (Å²) in [4.78, 5) is 12.4. The first-order valence-corrected chi connectivity index (χ1v) is 10.8. The number of nitrogens with zero attached hydrogens (tertiary/aromatic N) is 1. The van der Waals surface area contributed by atoms with Gasteiger partial charge in [0.2, 0.25) is 0 Å². The highest BCUT2D eigenvalue weighted by atomic mass is 32.2. The van der Waals surface area contributed by atoms with Crippen LogP contribution in [0.2, 0.25) is 0 Å². The van der Waals surface area contributed by atoms with E-state index in [9.17, 15) is 13.2 Å². The highest BCUT2D eigenvalue weighted by Crippen LogP contribution is 2.26. The zero-order valence-corrected chi connectivity index (χ0v) is 17.3. The first-order chi connectivity index (χ1) is 13.9. The third-order valence-electron chi connectivity index (χ3n) is 4.32. The van der Waals surface area contributed by atoms with Crippen molar-refractivity contribution >= 4 is 21.6 Å². The SMILES string of the molecule is CC(C)NC(=O)c1cccc(S(=O)(=O)N(Cc2ccccc2)c2ccccc2)c1. The molecule has 0 bridgehead atoms. The molecule has 5 nitrogen and oxygen atoms in total. The van der Waals surface area contributed by atoms with Gasteiger partial charge in [0.25, 0.3) is 15.9 Å². The van der Waals surface area contributed by atoms with E-state index in [0.717, 1.165) is 5.56 Å². The lowest BCUT2D eigenvalue weighted by atomic mass is 10.2. The van der Waals surface area contributed by atoms with Gasteiger partial charge in [-0.15, -0.1) is 0 Å². The Bertz CT molecular complexity index is 1070. The Hall–Kier alpha value is -3.12. The quantitative estimate of drug-likeness (QED) is 0.636. The summed E-state index contributed by atoms with van der Waals surface area (Å²) in [7, 11) is -3.88. The van der Waals surface area contributed by atoms with Crippen molar-refractivity contribution in [3.63, 3.8) is 0 Å². The monoisotopic (exact) mass is 408 g/mol. The molecule has 0 spiro atoms. The predicted octanol–water partition coefficient (Wildman–Crippen LogP) is 4.22. The lowest BCUT2D eigenvalue weighted by Gasteiger charge is -2.25. The molecule has 3 rings (SSSR count). The summed E-state index contributed by atoms with van der Waals surface area (Å²) in [5, 5.41) is 2.79. The van der Waals surface area contributed by atoms with Crippen LogP contribution in [0.5, 0.6) is 0 Å². The molecule has 0 aromatic heterocycles. The maximum absolute atomic E-state index is 13.5. The lowest BCUT2D eigenvalue weighted by molar-refractivity contribution is 0.0943. The van der Waals surface area contributed by atoms with E-state index in [-0.39, 0.29) is 23.4 Å². The van der Waals surface area contributed by atoms with E-state index in [4.69, 9.17) is 0 Å². The van der Waals surface area contributed by atoms with Gasteiger partial charge in [0.1, 0.15) is 0 Å². The van der Waals surface area contributed by atoms with E-state index >= 15 is 0 Å². The minimum Gasteiger partial charge on any atom is -0.350 e. The molecule has 1 amide bonds. The summed E-state index contributed by atoms with van der Waals surface area (Å²) < 4.78 is 28.4. The fourth-order valence-corrected chi connectivity index (χ4v) is 4.43. The number of nitrogens with one attached hydrogen (secondary N) is 1. The van der Waals surface area contributed by atoms with Gasteiger partial charge in [-0.25, -0.2) is 8.42 Å². The van der Waals surface area contributed by atoms with Crippen molar-refractivity contribution in [1.29, 1.82) is 0 Å². The van der Waals surface area contributed by atoms with Gasteiger partial charge in [-0.3, -0.25) is 9.10 Å². The second-order valence-electron chi connectivity index (χ2n) is 6.99. The number of rotatable bonds is 7. The van der Waals surface area contributed by atoms with Crippen LogP contribution in [-0.4, -0.2) is 20.4 Å². The van der Waals surface area contributed by atoms with Crippen molar-refractivity contribution < 1.29 is 13.2 Å². The second-order valence-corrected chi connectivity index (χ2v) is 8.85. The number of benzene rings is 3. The highest BCUT2D eigenvalue weighted by Gasteiger charge is 2.26. The molecule has 0 radical (unpaired) electrons. The third kappa shape index (κ3) is 5.03. The minimum atomic E-state index is -3.88. The van der Waals surface area contributed by atoms with Gasteiger partial charge in [0.15, 0.2) is 0 Å². The topological polar surface area (TPSA) is 66.5 Å². The number of carbonyl (C=O) groups excluding carboxylic acids is 1.